The highest BCUT2D eigenvalue weighted by Gasteiger charge is 2.26. The third-order valence-corrected chi connectivity index (χ3v) is 4.25. The summed E-state index contributed by atoms with van der Waals surface area (Å²) in [6, 6.07) is 5.43. The third kappa shape index (κ3) is 5.17. The number of aromatic nitrogens is 2. The molecule has 1 aromatic heterocycles. The second-order valence-electron chi connectivity index (χ2n) is 7.01. The van der Waals surface area contributed by atoms with Crippen molar-refractivity contribution in [2.24, 2.45) is 0 Å². The molecule has 0 spiro atoms. The molecule has 7 heteroatoms. The molecule has 1 amide bonds. The molecule has 0 aliphatic heterocycles. The van der Waals surface area contributed by atoms with Crippen molar-refractivity contribution < 1.29 is 14.3 Å². The lowest BCUT2D eigenvalue weighted by Gasteiger charge is -2.17. The molecule has 1 aromatic carbocycles. The number of amides is 1. The summed E-state index contributed by atoms with van der Waals surface area (Å²) in [4.78, 5) is 13.2. The molecule has 2 aromatic rings. The van der Waals surface area contributed by atoms with E-state index in [0.29, 0.717) is 41.0 Å². The summed E-state index contributed by atoms with van der Waals surface area (Å²) >= 11 is 1.11. The van der Waals surface area contributed by atoms with Gasteiger partial charge in [-0.05, 0) is 36.5 Å². The first-order valence-electron chi connectivity index (χ1n) is 8.90. The van der Waals surface area contributed by atoms with E-state index in [1.165, 1.54) is 0 Å². The Kier molecular flexibility index (Phi) is 6.97. The highest BCUT2D eigenvalue weighted by atomic mass is 32.1. The fourth-order valence-corrected chi connectivity index (χ4v) is 3.03. The molecule has 0 fully saturated rings. The normalized spacial score (nSPS) is 11.3. The van der Waals surface area contributed by atoms with Crippen LogP contribution >= 0.6 is 11.5 Å². The van der Waals surface area contributed by atoms with E-state index >= 15 is 0 Å². The highest BCUT2D eigenvalue weighted by molar-refractivity contribution is 7.08. The van der Waals surface area contributed by atoms with Crippen LogP contribution in [0.1, 0.15) is 62.8 Å². The Bertz CT molecular complexity index is 738. The zero-order valence-electron chi connectivity index (χ0n) is 16.1. The first kappa shape index (κ1) is 20.2. The summed E-state index contributed by atoms with van der Waals surface area (Å²) in [6.45, 7) is 11.3. The molecule has 6 nitrogen and oxygen atoms in total. The second-order valence-corrected chi connectivity index (χ2v) is 7.77. The van der Waals surface area contributed by atoms with Crippen LogP contribution in [-0.2, 0) is 5.41 Å². The quantitative estimate of drug-likeness (QED) is 0.724. The van der Waals surface area contributed by atoms with Crippen LogP contribution < -0.4 is 14.8 Å². The van der Waals surface area contributed by atoms with Gasteiger partial charge in [0.25, 0.3) is 5.91 Å². The Labute approximate surface area is 159 Å². The Morgan fingerprint density at radius 2 is 1.77 bits per heavy atom. The molecule has 0 aliphatic rings. The number of nitrogens with zero attached hydrogens (tertiary/aromatic N) is 2. The van der Waals surface area contributed by atoms with E-state index in [4.69, 9.17) is 9.47 Å². The van der Waals surface area contributed by atoms with Crippen molar-refractivity contribution in [2.45, 2.75) is 52.9 Å². The molecule has 0 radical (unpaired) electrons. The summed E-state index contributed by atoms with van der Waals surface area (Å²) < 4.78 is 15.4. The first-order valence-corrected chi connectivity index (χ1v) is 9.68. The molecule has 0 saturated heterocycles. The van der Waals surface area contributed by atoms with Crippen LogP contribution in [0.25, 0.3) is 0 Å². The summed E-state index contributed by atoms with van der Waals surface area (Å²) in [5, 5.41) is 7.03. The topological polar surface area (TPSA) is 73.3 Å². The molecule has 2 rings (SSSR count). The third-order valence-electron chi connectivity index (χ3n) is 3.53. The number of anilines is 1. The average Bonchev–Trinajstić information content (AvgIpc) is 3.09. The van der Waals surface area contributed by atoms with Crippen molar-refractivity contribution in [1.82, 2.24) is 9.59 Å². The van der Waals surface area contributed by atoms with E-state index in [1.54, 1.807) is 6.07 Å². The van der Waals surface area contributed by atoms with E-state index in [0.717, 1.165) is 24.4 Å². The van der Waals surface area contributed by atoms with Gasteiger partial charge in [-0.3, -0.25) is 4.79 Å². The first-order chi connectivity index (χ1) is 12.4. The molecule has 0 saturated carbocycles. The summed E-state index contributed by atoms with van der Waals surface area (Å²) in [6.07, 6.45) is 1.81. The average molecular weight is 378 g/mol. The molecule has 0 atom stereocenters. The minimum absolute atomic E-state index is 0.214. The predicted octanol–water partition coefficient (Wildman–Crippen LogP) is 4.67. The van der Waals surface area contributed by atoms with Crippen molar-refractivity contribution in [1.29, 1.82) is 0 Å². The molecule has 0 unspecified atom stereocenters. The van der Waals surface area contributed by atoms with Crippen molar-refractivity contribution in [2.75, 3.05) is 18.5 Å². The second kappa shape index (κ2) is 8.98. The van der Waals surface area contributed by atoms with Gasteiger partial charge < -0.3 is 14.8 Å². The van der Waals surface area contributed by atoms with Gasteiger partial charge in [-0.25, -0.2) is 0 Å². The van der Waals surface area contributed by atoms with Crippen molar-refractivity contribution in [3.05, 3.63) is 28.8 Å². The minimum atomic E-state index is -0.243. The SMILES string of the molecule is CCCOc1ccc(NC(=O)c2snnc2C(C)(C)C)cc1OCCC. The Morgan fingerprint density at radius 3 is 2.38 bits per heavy atom. The van der Waals surface area contributed by atoms with E-state index in [2.05, 4.69) is 21.8 Å². The van der Waals surface area contributed by atoms with Crippen molar-refractivity contribution in [3.63, 3.8) is 0 Å². The van der Waals surface area contributed by atoms with Crippen LogP contribution in [0, 0.1) is 0 Å². The Balaban J connectivity index is 2.21. The molecule has 26 heavy (non-hydrogen) atoms. The molecule has 0 aliphatic carbocycles. The zero-order valence-corrected chi connectivity index (χ0v) is 16.9. The van der Waals surface area contributed by atoms with Crippen molar-refractivity contribution >= 4 is 23.1 Å². The summed E-state index contributed by atoms with van der Waals surface area (Å²) in [5.74, 6) is 1.11. The van der Waals surface area contributed by atoms with Gasteiger partial charge in [-0.1, -0.05) is 39.1 Å². The number of rotatable bonds is 8. The number of ether oxygens (including phenoxy) is 2. The molecule has 0 bridgehead atoms. The Hall–Kier alpha value is -2.15. The molecule has 1 heterocycles. The lowest BCUT2D eigenvalue weighted by atomic mass is 9.91. The number of nitrogens with one attached hydrogen (secondary N) is 1. The lowest BCUT2D eigenvalue weighted by molar-refractivity contribution is 0.102. The summed E-state index contributed by atoms with van der Waals surface area (Å²) in [5.41, 5.74) is 1.11. The van der Waals surface area contributed by atoms with E-state index in [-0.39, 0.29) is 11.3 Å². The fraction of sp³-hybridized carbons (Fsp3) is 0.526. The predicted molar refractivity (Wildman–Crippen MR) is 105 cm³/mol. The van der Waals surface area contributed by atoms with Gasteiger partial charge >= 0.3 is 0 Å². The van der Waals surface area contributed by atoms with Gasteiger partial charge in [0.15, 0.2) is 11.5 Å². The maximum atomic E-state index is 12.7. The van der Waals surface area contributed by atoms with Crippen molar-refractivity contribution in [3.8, 4) is 11.5 Å². The largest absolute Gasteiger partial charge is 0.490 e. The molecular formula is C19H27N3O3S. The Morgan fingerprint density at radius 1 is 1.12 bits per heavy atom. The van der Waals surface area contributed by atoms with Gasteiger partial charge in [-0.15, -0.1) is 5.10 Å². The number of hydrogen-bond donors (Lipinski definition) is 1. The highest BCUT2D eigenvalue weighted by Crippen LogP contribution is 2.32. The van der Waals surface area contributed by atoms with Crippen LogP contribution in [0.3, 0.4) is 0 Å². The van der Waals surface area contributed by atoms with Gasteiger partial charge in [0, 0.05) is 17.2 Å². The molecule has 1 N–H and O–H groups in total. The number of carbonyl (C=O) groups is 1. The standard InChI is InChI=1S/C19H27N3O3S/c1-6-10-24-14-9-8-13(12-15(14)25-11-7-2)20-18(23)16-17(19(3,4)5)21-22-26-16/h8-9,12H,6-7,10-11H2,1-5H3,(H,20,23). The van der Waals surface area contributed by atoms with Gasteiger partial charge in [0.05, 0.1) is 18.9 Å². The van der Waals surface area contributed by atoms with Crippen LogP contribution in [0.2, 0.25) is 0 Å². The van der Waals surface area contributed by atoms with E-state index < -0.39 is 0 Å². The van der Waals surface area contributed by atoms with Gasteiger partial charge in [0.1, 0.15) is 4.88 Å². The number of carbonyl (C=O) groups excluding carboxylic acids is 1. The van der Waals surface area contributed by atoms with Gasteiger partial charge in [0.2, 0.25) is 0 Å². The number of hydrogen-bond acceptors (Lipinski definition) is 6. The maximum absolute atomic E-state index is 12.7. The van der Waals surface area contributed by atoms with Crippen LogP contribution in [0.15, 0.2) is 18.2 Å². The minimum Gasteiger partial charge on any atom is -0.490 e. The lowest BCUT2D eigenvalue weighted by Crippen LogP contribution is -2.19. The van der Waals surface area contributed by atoms with Gasteiger partial charge in [-0.2, -0.15) is 0 Å². The zero-order chi connectivity index (χ0) is 19.2. The van der Waals surface area contributed by atoms with Crippen LogP contribution in [0.4, 0.5) is 5.69 Å². The smallest absolute Gasteiger partial charge is 0.269 e. The molecule has 142 valence electrons. The monoisotopic (exact) mass is 377 g/mol. The van der Waals surface area contributed by atoms with E-state index in [9.17, 15) is 4.79 Å². The van der Waals surface area contributed by atoms with Crippen LogP contribution in [0.5, 0.6) is 11.5 Å². The summed E-state index contributed by atoms with van der Waals surface area (Å²) in [7, 11) is 0. The van der Waals surface area contributed by atoms with Crippen LogP contribution in [-0.4, -0.2) is 28.7 Å². The molecular weight excluding hydrogens is 350 g/mol. The number of benzene rings is 1. The maximum Gasteiger partial charge on any atom is 0.269 e. The fourth-order valence-electron chi connectivity index (χ4n) is 2.26. The van der Waals surface area contributed by atoms with E-state index in [1.807, 2.05) is 39.8 Å².